The van der Waals surface area contributed by atoms with E-state index in [1.54, 1.807) is 34.1 Å². The van der Waals surface area contributed by atoms with Gasteiger partial charge in [0.2, 0.25) is 11.8 Å². The average molecular weight is 834 g/mol. The van der Waals surface area contributed by atoms with Gasteiger partial charge in [-0.15, -0.1) is 0 Å². The molecule has 2 aliphatic rings. The molecule has 57 heavy (non-hydrogen) atoms. The molecular formula is C39H55N5O11S2. The van der Waals surface area contributed by atoms with E-state index >= 15 is 0 Å². The summed E-state index contributed by atoms with van der Waals surface area (Å²) in [5.74, 6) is 0.0305. The van der Waals surface area contributed by atoms with Crippen molar-refractivity contribution < 1.29 is 50.7 Å². The summed E-state index contributed by atoms with van der Waals surface area (Å²) in [4.78, 5) is 49.4. The van der Waals surface area contributed by atoms with Crippen molar-refractivity contribution in [1.82, 2.24) is 20.4 Å². The van der Waals surface area contributed by atoms with Gasteiger partial charge in [0, 0.05) is 57.5 Å². The Morgan fingerprint density at radius 1 is 1.02 bits per heavy atom. The van der Waals surface area contributed by atoms with Gasteiger partial charge in [0.05, 0.1) is 23.5 Å². The van der Waals surface area contributed by atoms with Gasteiger partial charge in [-0.25, -0.2) is 18.2 Å². The van der Waals surface area contributed by atoms with Gasteiger partial charge in [-0.1, -0.05) is 43.3 Å². The van der Waals surface area contributed by atoms with E-state index in [0.717, 1.165) is 35.9 Å². The summed E-state index contributed by atoms with van der Waals surface area (Å²) in [5, 5.41) is 6.82. The molecule has 2 fully saturated rings. The molecule has 2 aromatic heterocycles. The molecule has 6 atom stereocenters. The molecule has 5 rings (SSSR count). The topological polar surface area (TPSA) is 193 Å². The molecule has 1 aromatic carbocycles. The zero-order valence-corrected chi connectivity index (χ0v) is 35.6. The first-order chi connectivity index (χ1) is 27.0. The zero-order valence-electron chi connectivity index (χ0n) is 34.0. The normalized spacial score (nSPS) is 20.1. The van der Waals surface area contributed by atoms with Crippen LogP contribution in [0, 0.1) is 18.8 Å². The van der Waals surface area contributed by atoms with Gasteiger partial charge < -0.3 is 43.0 Å². The fourth-order valence-electron chi connectivity index (χ4n) is 7.41. The molecule has 0 saturated carbocycles. The molecule has 2 amide bonds. The number of methoxy groups -OCH3 is 2. The maximum atomic E-state index is 14.6. The van der Waals surface area contributed by atoms with Crippen molar-refractivity contribution in [3.05, 3.63) is 53.7 Å². The van der Waals surface area contributed by atoms with Crippen molar-refractivity contribution in [2.24, 2.45) is 11.8 Å². The molecule has 2 unspecified atom stereocenters. The van der Waals surface area contributed by atoms with Crippen molar-refractivity contribution in [2.45, 2.75) is 103 Å². The Morgan fingerprint density at radius 3 is 2.26 bits per heavy atom. The summed E-state index contributed by atoms with van der Waals surface area (Å²) in [6, 6.07) is 7.90. The zero-order chi connectivity index (χ0) is 41.6. The lowest BCUT2D eigenvalue weighted by Crippen LogP contribution is -2.48. The number of nitrogens with one attached hydrogen (secondary N) is 1. The standard InChI is InChI=1S/C39H55N5O11S2/c1-22(2)34(32-19-33(42-55-32)43-16-14-29(15-17-43)38(50-7)51-8)37(46)44-20-30(54-39(47)53-25(5)26(6)56-57(9,48)49)18-31(44)36(45)41-23(3)27-10-12-28(13-11-27)35-24(4)40-21-52-35/h10-13,19,21-23,25-26,29-31,34,38H,14-18,20H2,1-9H3,(H,41,45)/t23-,25?,26?,30+,31-,34+/m0/s1. The van der Waals surface area contributed by atoms with Gasteiger partial charge in [-0.05, 0) is 62.8 Å². The highest BCUT2D eigenvalue weighted by atomic mass is 33.1. The minimum atomic E-state index is -3.39. The Balaban J connectivity index is 1.33. The summed E-state index contributed by atoms with van der Waals surface area (Å²) in [5.41, 5.74) is 2.43. The number of anilines is 1. The van der Waals surface area contributed by atoms with Gasteiger partial charge >= 0.3 is 6.16 Å². The Bertz CT molecular complexity index is 1920. The molecule has 2 aliphatic heterocycles. The van der Waals surface area contributed by atoms with E-state index < -0.39 is 56.4 Å². The number of oxazole rings is 1. The van der Waals surface area contributed by atoms with Crippen molar-refractivity contribution >= 4 is 43.5 Å². The highest BCUT2D eigenvalue weighted by Crippen LogP contribution is 2.35. The summed E-state index contributed by atoms with van der Waals surface area (Å²) in [6.07, 6.45) is 1.14. The lowest BCUT2D eigenvalue weighted by molar-refractivity contribution is -0.141. The first-order valence-corrected chi connectivity index (χ1v) is 22.4. The average Bonchev–Trinajstić information content (AvgIpc) is 3.92. The van der Waals surface area contributed by atoms with E-state index in [4.69, 9.17) is 27.9 Å². The van der Waals surface area contributed by atoms with E-state index in [2.05, 4.69) is 20.4 Å². The molecule has 0 spiro atoms. The van der Waals surface area contributed by atoms with Crippen LogP contribution in [0.4, 0.5) is 10.6 Å². The minimum Gasteiger partial charge on any atom is -0.443 e. The SMILES string of the molecule is COC(OC)C1CCN(c2cc([C@H](C(=O)N3C[C@H](OC(=O)OC(C)C(C)SS(C)(=O)=O)C[C@H]3C(=O)N[C@@H](C)c3ccc(-c4ocnc4C)cc3)C(C)C)on2)CC1. The number of carbonyl (C=O) groups is 3. The molecule has 1 N–H and O–H groups in total. The van der Waals surface area contributed by atoms with Gasteiger partial charge in [-0.2, -0.15) is 0 Å². The van der Waals surface area contributed by atoms with Crippen LogP contribution in [0.1, 0.15) is 82.9 Å². The van der Waals surface area contributed by atoms with Crippen LogP contribution in [0.15, 0.2) is 45.7 Å². The third kappa shape index (κ3) is 11.1. The predicted molar refractivity (Wildman–Crippen MR) is 213 cm³/mol. The lowest BCUT2D eigenvalue weighted by Gasteiger charge is -2.34. The van der Waals surface area contributed by atoms with Crippen molar-refractivity contribution in [3.63, 3.8) is 0 Å². The van der Waals surface area contributed by atoms with Gasteiger partial charge in [0.15, 0.2) is 38.9 Å². The highest BCUT2D eigenvalue weighted by molar-refractivity contribution is 8.72. The highest BCUT2D eigenvalue weighted by Gasteiger charge is 2.46. The number of ether oxygens (including phenoxy) is 4. The maximum Gasteiger partial charge on any atom is 0.508 e. The molecule has 16 nitrogen and oxygen atoms in total. The molecule has 0 aliphatic carbocycles. The smallest absolute Gasteiger partial charge is 0.443 e. The monoisotopic (exact) mass is 833 g/mol. The number of amides is 2. The van der Waals surface area contributed by atoms with Crippen molar-refractivity contribution in [2.75, 3.05) is 45.0 Å². The van der Waals surface area contributed by atoms with Crippen LogP contribution in [0.2, 0.25) is 0 Å². The summed E-state index contributed by atoms with van der Waals surface area (Å²) in [6.45, 7) is 12.0. The second-order valence-electron chi connectivity index (χ2n) is 15.2. The van der Waals surface area contributed by atoms with Crippen LogP contribution in [0.5, 0.6) is 0 Å². The number of likely N-dealkylation sites (tertiary alicyclic amines) is 1. The molecule has 3 aromatic rings. The van der Waals surface area contributed by atoms with Crippen molar-refractivity contribution in [3.8, 4) is 11.3 Å². The number of aromatic nitrogens is 2. The predicted octanol–water partition coefficient (Wildman–Crippen LogP) is 5.68. The van der Waals surface area contributed by atoms with Gasteiger partial charge in [0.1, 0.15) is 24.2 Å². The minimum absolute atomic E-state index is 0.0104. The number of nitrogens with zero attached hydrogens (tertiary/aromatic N) is 4. The van der Waals surface area contributed by atoms with Crippen LogP contribution in [0.3, 0.4) is 0 Å². The van der Waals surface area contributed by atoms with Crippen LogP contribution in [0.25, 0.3) is 11.3 Å². The van der Waals surface area contributed by atoms with E-state index in [9.17, 15) is 22.8 Å². The molecule has 2 saturated heterocycles. The Labute approximate surface area is 338 Å². The van der Waals surface area contributed by atoms with Gasteiger partial charge in [-0.3, -0.25) is 9.59 Å². The number of piperidine rings is 1. The number of rotatable bonds is 16. The molecular weight excluding hydrogens is 779 g/mol. The first kappa shape index (κ1) is 44.0. The Kier molecular flexibility index (Phi) is 14.7. The van der Waals surface area contributed by atoms with Crippen LogP contribution in [-0.4, -0.2) is 111 Å². The number of carbonyl (C=O) groups excluding carboxylic acids is 3. The van der Waals surface area contributed by atoms with Gasteiger partial charge in [0.25, 0.3) is 0 Å². The number of aryl methyl sites for hydroxylation is 1. The van der Waals surface area contributed by atoms with E-state index in [0.29, 0.717) is 41.2 Å². The van der Waals surface area contributed by atoms with Crippen molar-refractivity contribution in [1.29, 1.82) is 0 Å². The Hall–Kier alpha value is -4.13. The van der Waals surface area contributed by atoms with Crippen LogP contribution in [-0.2, 0) is 37.4 Å². The second kappa shape index (κ2) is 19.1. The lowest BCUT2D eigenvalue weighted by atomic mass is 9.91. The summed E-state index contributed by atoms with van der Waals surface area (Å²) >= 11 is 0. The molecule has 314 valence electrons. The second-order valence-corrected chi connectivity index (χ2v) is 19.9. The van der Waals surface area contributed by atoms with Crippen LogP contribution >= 0.6 is 10.8 Å². The fourth-order valence-corrected chi connectivity index (χ4v) is 10.3. The molecule has 18 heteroatoms. The molecule has 0 radical (unpaired) electrons. The van der Waals surface area contributed by atoms with E-state index in [1.807, 2.05) is 52.0 Å². The number of hydrogen-bond acceptors (Lipinski definition) is 15. The molecule has 4 heterocycles. The van der Waals surface area contributed by atoms with E-state index in [1.165, 1.54) is 11.3 Å². The third-order valence-corrected chi connectivity index (χ3v) is 13.6. The number of hydrogen-bond donors (Lipinski definition) is 1. The third-order valence-electron chi connectivity index (χ3n) is 10.6. The van der Waals surface area contributed by atoms with E-state index in [-0.39, 0.29) is 37.0 Å². The number of benzene rings is 1. The Morgan fingerprint density at radius 2 is 1.68 bits per heavy atom. The first-order valence-electron chi connectivity index (χ1n) is 19.1. The quantitative estimate of drug-likeness (QED) is 0.105. The fraction of sp³-hybridized carbons (Fsp3) is 0.615. The largest absolute Gasteiger partial charge is 0.508 e. The summed E-state index contributed by atoms with van der Waals surface area (Å²) in [7, 11) is 0.555. The molecule has 0 bridgehead atoms. The summed E-state index contributed by atoms with van der Waals surface area (Å²) < 4.78 is 57.0. The maximum absolute atomic E-state index is 14.6. The van der Waals surface area contributed by atoms with Crippen LogP contribution < -0.4 is 10.2 Å².